The molecule has 4 aromatic rings. The van der Waals surface area contributed by atoms with Crippen LogP contribution < -0.4 is 20.3 Å². The van der Waals surface area contributed by atoms with Crippen molar-refractivity contribution in [3.63, 3.8) is 0 Å². The SMILES string of the molecule is CC(=O)NCCOc1ccc(N2CCC[C@@H]2c2csc(NC(=O)c3cccn3Cc3ccnc(F)c3)n2)cc1. The minimum absolute atomic E-state index is 0.0766. The zero-order chi connectivity index (χ0) is 27.2. The summed E-state index contributed by atoms with van der Waals surface area (Å²) in [5.41, 5.74) is 3.18. The Morgan fingerprint density at radius 2 is 2.05 bits per heavy atom. The maximum Gasteiger partial charge on any atom is 0.274 e. The molecular formula is C28H29FN6O3S. The second-order valence-corrected chi connectivity index (χ2v) is 10.1. The van der Waals surface area contributed by atoms with Crippen LogP contribution in [0.5, 0.6) is 5.75 Å². The van der Waals surface area contributed by atoms with Gasteiger partial charge in [-0.05, 0) is 66.9 Å². The average molecular weight is 549 g/mol. The Hall–Kier alpha value is -4.25. The van der Waals surface area contributed by atoms with Crippen LogP contribution in [0.15, 0.2) is 66.3 Å². The van der Waals surface area contributed by atoms with E-state index in [9.17, 15) is 14.0 Å². The summed E-state index contributed by atoms with van der Waals surface area (Å²) in [6, 6.07) is 14.6. The van der Waals surface area contributed by atoms with Crippen molar-refractivity contribution in [3.05, 3.63) is 89.2 Å². The number of carbonyl (C=O) groups excluding carboxylic acids is 2. The maximum atomic E-state index is 13.5. The second-order valence-electron chi connectivity index (χ2n) is 9.22. The molecule has 2 N–H and O–H groups in total. The van der Waals surface area contributed by atoms with Crippen molar-refractivity contribution in [2.45, 2.75) is 32.4 Å². The van der Waals surface area contributed by atoms with Crippen LogP contribution in [0.25, 0.3) is 0 Å². The Balaban J connectivity index is 1.21. The number of benzene rings is 1. The molecule has 202 valence electrons. The largest absolute Gasteiger partial charge is 0.492 e. The van der Waals surface area contributed by atoms with Gasteiger partial charge in [0.25, 0.3) is 5.91 Å². The summed E-state index contributed by atoms with van der Waals surface area (Å²) >= 11 is 1.40. The van der Waals surface area contributed by atoms with Crippen molar-refractivity contribution in [2.24, 2.45) is 0 Å². The predicted octanol–water partition coefficient (Wildman–Crippen LogP) is 4.64. The number of anilines is 2. The molecule has 1 aliphatic heterocycles. The van der Waals surface area contributed by atoms with E-state index in [-0.39, 0.29) is 17.9 Å². The number of ether oxygens (including phenoxy) is 1. The van der Waals surface area contributed by atoms with Crippen LogP contribution in [0.4, 0.5) is 15.2 Å². The van der Waals surface area contributed by atoms with Crippen LogP contribution in [-0.2, 0) is 11.3 Å². The Morgan fingerprint density at radius 3 is 2.85 bits per heavy atom. The lowest BCUT2D eigenvalue weighted by Crippen LogP contribution is -2.25. The number of amides is 2. The number of carbonyl (C=O) groups is 2. The van der Waals surface area contributed by atoms with Crippen LogP contribution in [0, 0.1) is 5.95 Å². The molecule has 1 saturated heterocycles. The highest BCUT2D eigenvalue weighted by Crippen LogP contribution is 2.37. The molecule has 0 spiro atoms. The molecule has 0 bridgehead atoms. The normalized spacial score (nSPS) is 14.8. The molecule has 0 radical (unpaired) electrons. The first kappa shape index (κ1) is 26.4. The summed E-state index contributed by atoms with van der Waals surface area (Å²) in [7, 11) is 0. The third-order valence-electron chi connectivity index (χ3n) is 6.46. The molecule has 1 aliphatic rings. The first-order valence-electron chi connectivity index (χ1n) is 12.7. The average Bonchev–Trinajstić information content (AvgIpc) is 3.68. The first-order valence-corrected chi connectivity index (χ1v) is 13.6. The fraction of sp³-hybridized carbons (Fsp3) is 0.286. The minimum Gasteiger partial charge on any atom is -0.492 e. The lowest BCUT2D eigenvalue weighted by atomic mass is 10.1. The van der Waals surface area contributed by atoms with Gasteiger partial charge in [-0.3, -0.25) is 14.9 Å². The van der Waals surface area contributed by atoms with Crippen molar-refractivity contribution < 1.29 is 18.7 Å². The number of nitrogens with zero attached hydrogens (tertiary/aromatic N) is 4. The number of hydrogen-bond donors (Lipinski definition) is 2. The molecule has 1 aromatic carbocycles. The molecule has 11 heteroatoms. The van der Waals surface area contributed by atoms with Crippen LogP contribution in [0.2, 0.25) is 0 Å². The first-order chi connectivity index (χ1) is 19.0. The standard InChI is InChI=1S/C28H29FN6O3S/c1-19(36)30-12-15-38-22-8-6-21(7-9-22)35-14-3-4-24(35)23-18-39-28(32-23)33-27(37)25-5-2-13-34(25)17-20-10-11-31-26(29)16-20/h2,5-11,13,16,18,24H,3-4,12,14-15,17H2,1H3,(H,30,36)(H,32,33,37)/t24-/m1/s1. The lowest BCUT2D eigenvalue weighted by molar-refractivity contribution is -0.119. The molecular weight excluding hydrogens is 519 g/mol. The van der Waals surface area contributed by atoms with E-state index in [4.69, 9.17) is 9.72 Å². The second kappa shape index (κ2) is 12.1. The van der Waals surface area contributed by atoms with Crippen molar-refractivity contribution in [2.75, 3.05) is 29.9 Å². The lowest BCUT2D eigenvalue weighted by Gasteiger charge is -2.25. The summed E-state index contributed by atoms with van der Waals surface area (Å²) < 4.78 is 20.9. The zero-order valence-corrected chi connectivity index (χ0v) is 22.3. The number of halogens is 1. The number of rotatable bonds is 10. The van der Waals surface area contributed by atoms with Crippen LogP contribution in [0.3, 0.4) is 0 Å². The molecule has 0 saturated carbocycles. The summed E-state index contributed by atoms with van der Waals surface area (Å²) in [5, 5.41) is 8.16. The van der Waals surface area contributed by atoms with Crippen molar-refractivity contribution >= 4 is 34.0 Å². The molecule has 5 rings (SSSR count). The number of aromatic nitrogens is 3. The highest BCUT2D eigenvalue weighted by molar-refractivity contribution is 7.14. The molecule has 0 aliphatic carbocycles. The highest BCUT2D eigenvalue weighted by Gasteiger charge is 2.28. The molecule has 0 unspecified atom stereocenters. The van der Waals surface area contributed by atoms with E-state index in [1.807, 2.05) is 29.6 Å². The van der Waals surface area contributed by atoms with Gasteiger partial charge < -0.3 is 19.5 Å². The van der Waals surface area contributed by atoms with Gasteiger partial charge in [-0.2, -0.15) is 4.39 Å². The number of hydrogen-bond acceptors (Lipinski definition) is 7. The summed E-state index contributed by atoms with van der Waals surface area (Å²) in [6.45, 7) is 3.62. The third kappa shape index (κ3) is 6.61. The van der Waals surface area contributed by atoms with Crippen LogP contribution in [-0.4, -0.2) is 46.0 Å². The Kier molecular flexibility index (Phi) is 8.16. The Bertz CT molecular complexity index is 1440. The molecule has 1 atom stereocenters. The fourth-order valence-electron chi connectivity index (χ4n) is 4.67. The van der Waals surface area contributed by atoms with Crippen molar-refractivity contribution in [1.82, 2.24) is 19.9 Å². The van der Waals surface area contributed by atoms with E-state index in [2.05, 4.69) is 20.5 Å². The summed E-state index contributed by atoms with van der Waals surface area (Å²) in [4.78, 5) is 34.7. The number of nitrogens with one attached hydrogen (secondary N) is 2. The number of thiazole rings is 1. The summed E-state index contributed by atoms with van der Waals surface area (Å²) in [5.74, 6) is -0.151. The van der Waals surface area contributed by atoms with E-state index in [1.54, 1.807) is 29.0 Å². The van der Waals surface area contributed by atoms with E-state index < -0.39 is 5.95 Å². The predicted molar refractivity (Wildman–Crippen MR) is 148 cm³/mol. The third-order valence-corrected chi connectivity index (χ3v) is 7.23. The maximum absolute atomic E-state index is 13.5. The highest BCUT2D eigenvalue weighted by atomic mass is 32.1. The van der Waals surface area contributed by atoms with Gasteiger partial charge in [0, 0.05) is 43.5 Å². The Morgan fingerprint density at radius 1 is 1.21 bits per heavy atom. The summed E-state index contributed by atoms with van der Waals surface area (Å²) in [6.07, 6.45) is 5.21. The van der Waals surface area contributed by atoms with Gasteiger partial charge in [-0.25, -0.2) is 9.97 Å². The minimum atomic E-state index is -0.551. The Labute approximate surface area is 229 Å². The van der Waals surface area contributed by atoms with Crippen molar-refractivity contribution in [3.8, 4) is 5.75 Å². The van der Waals surface area contributed by atoms with Gasteiger partial charge in [0.1, 0.15) is 18.1 Å². The monoisotopic (exact) mass is 548 g/mol. The molecule has 4 heterocycles. The molecule has 1 fully saturated rings. The van der Waals surface area contributed by atoms with E-state index >= 15 is 0 Å². The topological polar surface area (TPSA) is 101 Å². The van der Waals surface area contributed by atoms with Crippen LogP contribution >= 0.6 is 11.3 Å². The smallest absolute Gasteiger partial charge is 0.274 e. The van der Waals surface area contributed by atoms with Crippen LogP contribution in [0.1, 0.15) is 47.6 Å². The molecule has 3 aromatic heterocycles. The number of pyridine rings is 1. The van der Waals surface area contributed by atoms with E-state index in [0.29, 0.717) is 30.5 Å². The van der Waals surface area contributed by atoms with Gasteiger partial charge in [0.05, 0.1) is 18.3 Å². The fourth-order valence-corrected chi connectivity index (χ4v) is 5.42. The van der Waals surface area contributed by atoms with E-state index in [1.165, 1.54) is 30.5 Å². The molecule has 2 amide bonds. The van der Waals surface area contributed by atoms with Crippen molar-refractivity contribution in [1.29, 1.82) is 0 Å². The van der Waals surface area contributed by atoms with E-state index in [0.717, 1.165) is 42.1 Å². The van der Waals surface area contributed by atoms with Gasteiger partial charge >= 0.3 is 0 Å². The van der Waals surface area contributed by atoms with Gasteiger partial charge in [0.2, 0.25) is 11.9 Å². The quantitative estimate of drug-likeness (QED) is 0.221. The van der Waals surface area contributed by atoms with Gasteiger partial charge in [0.15, 0.2) is 5.13 Å². The van der Waals surface area contributed by atoms with Gasteiger partial charge in [-0.15, -0.1) is 11.3 Å². The zero-order valence-electron chi connectivity index (χ0n) is 21.5. The van der Waals surface area contributed by atoms with Gasteiger partial charge in [-0.1, -0.05) is 0 Å². The molecule has 9 nitrogen and oxygen atoms in total. The molecule has 39 heavy (non-hydrogen) atoms.